The summed E-state index contributed by atoms with van der Waals surface area (Å²) in [4.78, 5) is 8.95. The Morgan fingerprint density at radius 3 is 1.38 bits per heavy atom. The van der Waals surface area contributed by atoms with E-state index in [0.717, 1.165) is 11.1 Å². The van der Waals surface area contributed by atoms with Crippen LogP contribution in [-0.4, -0.2) is 36.9 Å². The minimum absolute atomic E-state index is 0.166. The Morgan fingerprint density at radius 2 is 1.00 bits per heavy atom. The lowest BCUT2D eigenvalue weighted by Crippen LogP contribution is -1.89. The van der Waals surface area contributed by atoms with Crippen molar-refractivity contribution in [1.82, 2.24) is 0 Å². The summed E-state index contributed by atoms with van der Waals surface area (Å²) in [5, 5.41) is 19.9. The first kappa shape index (κ1) is 22.6. The van der Waals surface area contributed by atoms with Crippen LogP contribution < -0.4 is 9.47 Å². The SMILES string of the molecule is COc1cc(-c2ccc(N=Cc3ccccc3O)c(OC)c2)ccc1N=Cc1ccccc1O. The van der Waals surface area contributed by atoms with Crippen molar-refractivity contribution < 1.29 is 19.7 Å². The molecule has 0 aliphatic heterocycles. The van der Waals surface area contributed by atoms with Crippen LogP contribution in [0.1, 0.15) is 11.1 Å². The number of benzene rings is 4. The van der Waals surface area contributed by atoms with Crippen molar-refractivity contribution in [2.24, 2.45) is 9.98 Å². The third-order valence-corrected chi connectivity index (χ3v) is 5.25. The van der Waals surface area contributed by atoms with Crippen LogP contribution in [-0.2, 0) is 0 Å². The van der Waals surface area contributed by atoms with Crippen molar-refractivity contribution in [2.45, 2.75) is 0 Å². The number of phenols is 2. The number of hydrogen-bond acceptors (Lipinski definition) is 6. The molecule has 2 N–H and O–H groups in total. The van der Waals surface area contributed by atoms with Crippen molar-refractivity contribution in [1.29, 1.82) is 0 Å². The molecule has 0 aliphatic carbocycles. The molecular weight excluding hydrogens is 428 g/mol. The number of para-hydroxylation sites is 2. The van der Waals surface area contributed by atoms with Gasteiger partial charge in [-0.2, -0.15) is 0 Å². The third-order valence-electron chi connectivity index (χ3n) is 5.25. The van der Waals surface area contributed by atoms with Gasteiger partial charge in [0.25, 0.3) is 0 Å². The number of rotatable bonds is 7. The van der Waals surface area contributed by atoms with E-state index in [9.17, 15) is 10.2 Å². The standard InChI is InChI=1S/C28H24N2O4/c1-33-27-15-19(11-13-23(27)29-17-21-7-3-5-9-25(21)31)20-12-14-24(28(16-20)34-2)30-18-22-8-4-6-10-26(22)32/h3-18,31-32H,1-2H3. The summed E-state index contributed by atoms with van der Waals surface area (Å²) < 4.78 is 11.1. The molecule has 34 heavy (non-hydrogen) atoms. The molecule has 170 valence electrons. The van der Waals surface area contributed by atoms with Crippen molar-refractivity contribution in [3.63, 3.8) is 0 Å². The van der Waals surface area contributed by atoms with Crippen LogP contribution in [0.3, 0.4) is 0 Å². The van der Waals surface area contributed by atoms with Gasteiger partial charge in [0.2, 0.25) is 0 Å². The number of aromatic hydroxyl groups is 2. The maximum absolute atomic E-state index is 9.94. The molecule has 0 aliphatic rings. The molecule has 0 unspecified atom stereocenters. The zero-order valence-electron chi connectivity index (χ0n) is 18.8. The molecule has 4 aromatic rings. The Hall–Kier alpha value is -4.58. The van der Waals surface area contributed by atoms with Gasteiger partial charge in [0.05, 0.1) is 14.2 Å². The van der Waals surface area contributed by atoms with Crippen LogP contribution in [0, 0.1) is 0 Å². The van der Waals surface area contributed by atoms with Gasteiger partial charge < -0.3 is 19.7 Å². The number of phenolic OH excluding ortho intramolecular Hbond substituents is 2. The average molecular weight is 453 g/mol. The van der Waals surface area contributed by atoms with E-state index in [1.165, 1.54) is 0 Å². The molecule has 0 saturated heterocycles. The molecule has 6 heteroatoms. The maximum atomic E-state index is 9.94. The van der Waals surface area contributed by atoms with Crippen LogP contribution in [0.25, 0.3) is 11.1 Å². The molecule has 0 bridgehead atoms. The first-order valence-electron chi connectivity index (χ1n) is 10.6. The minimum Gasteiger partial charge on any atom is -0.507 e. The number of nitrogens with zero attached hydrogens (tertiary/aromatic N) is 2. The van der Waals surface area contributed by atoms with Gasteiger partial charge in [0, 0.05) is 23.6 Å². The maximum Gasteiger partial charge on any atom is 0.145 e. The Kier molecular flexibility index (Phi) is 6.89. The van der Waals surface area contributed by atoms with E-state index in [0.29, 0.717) is 34.0 Å². The summed E-state index contributed by atoms with van der Waals surface area (Å²) in [7, 11) is 3.19. The van der Waals surface area contributed by atoms with Crippen LogP contribution in [0.2, 0.25) is 0 Å². The molecule has 4 aromatic carbocycles. The van der Waals surface area contributed by atoms with E-state index >= 15 is 0 Å². The number of hydrogen-bond donors (Lipinski definition) is 2. The van der Waals surface area contributed by atoms with E-state index in [1.807, 2.05) is 48.5 Å². The lowest BCUT2D eigenvalue weighted by atomic mass is 10.0. The largest absolute Gasteiger partial charge is 0.507 e. The monoisotopic (exact) mass is 452 g/mol. The van der Waals surface area contributed by atoms with Crippen molar-refractivity contribution >= 4 is 23.8 Å². The van der Waals surface area contributed by atoms with Crippen LogP contribution >= 0.6 is 0 Å². The quantitative estimate of drug-likeness (QED) is 0.323. The Balaban J connectivity index is 1.61. The predicted octanol–water partition coefficient (Wildman–Crippen LogP) is 6.28. The second-order valence-corrected chi connectivity index (χ2v) is 7.41. The number of aliphatic imine (C=N–C) groups is 2. The minimum atomic E-state index is 0.166. The normalized spacial score (nSPS) is 11.2. The zero-order chi connectivity index (χ0) is 23.9. The van der Waals surface area contributed by atoms with Gasteiger partial charge in [-0.15, -0.1) is 0 Å². The molecule has 0 fully saturated rings. The van der Waals surface area contributed by atoms with Gasteiger partial charge >= 0.3 is 0 Å². The predicted molar refractivity (Wildman–Crippen MR) is 136 cm³/mol. The fraction of sp³-hybridized carbons (Fsp3) is 0.0714. The fourth-order valence-electron chi connectivity index (χ4n) is 3.40. The first-order valence-corrected chi connectivity index (χ1v) is 10.6. The molecular formula is C28H24N2O4. The summed E-state index contributed by atoms with van der Waals surface area (Å²) in [6.45, 7) is 0. The summed E-state index contributed by atoms with van der Waals surface area (Å²) in [6, 6.07) is 25.4. The molecule has 0 spiro atoms. The Bertz CT molecular complexity index is 1260. The van der Waals surface area contributed by atoms with Gasteiger partial charge in [-0.25, -0.2) is 0 Å². The highest BCUT2D eigenvalue weighted by Gasteiger charge is 2.09. The van der Waals surface area contributed by atoms with Gasteiger partial charge in [-0.3, -0.25) is 9.98 Å². The van der Waals surface area contributed by atoms with Gasteiger partial charge in [0.1, 0.15) is 34.4 Å². The zero-order valence-corrected chi connectivity index (χ0v) is 18.8. The lowest BCUT2D eigenvalue weighted by molar-refractivity contribution is 0.415. The van der Waals surface area contributed by atoms with E-state index in [2.05, 4.69) is 9.98 Å². The number of ether oxygens (including phenoxy) is 2. The molecule has 6 nitrogen and oxygen atoms in total. The highest BCUT2D eigenvalue weighted by molar-refractivity contribution is 5.87. The fourth-order valence-corrected chi connectivity index (χ4v) is 3.40. The summed E-state index contributed by atoms with van der Waals surface area (Å²) in [6.07, 6.45) is 3.21. The van der Waals surface area contributed by atoms with E-state index in [4.69, 9.17) is 9.47 Å². The highest BCUT2D eigenvalue weighted by atomic mass is 16.5. The summed E-state index contributed by atoms with van der Waals surface area (Å²) in [5.41, 5.74) is 4.38. The van der Waals surface area contributed by atoms with Gasteiger partial charge in [-0.1, -0.05) is 36.4 Å². The van der Waals surface area contributed by atoms with Gasteiger partial charge in [-0.05, 0) is 59.7 Å². The summed E-state index contributed by atoms with van der Waals surface area (Å²) in [5.74, 6) is 1.54. The van der Waals surface area contributed by atoms with Crippen molar-refractivity contribution in [3.05, 3.63) is 96.1 Å². The van der Waals surface area contributed by atoms with Crippen molar-refractivity contribution in [3.8, 4) is 34.1 Å². The van der Waals surface area contributed by atoms with E-state index in [1.54, 1.807) is 63.0 Å². The molecule has 4 rings (SSSR count). The second-order valence-electron chi connectivity index (χ2n) is 7.41. The Labute approximate surface area is 198 Å². The Morgan fingerprint density at radius 1 is 0.588 bits per heavy atom. The van der Waals surface area contributed by atoms with E-state index < -0.39 is 0 Å². The molecule has 0 amide bonds. The van der Waals surface area contributed by atoms with E-state index in [-0.39, 0.29) is 11.5 Å². The van der Waals surface area contributed by atoms with Crippen LogP contribution in [0.15, 0.2) is 94.9 Å². The van der Waals surface area contributed by atoms with Crippen LogP contribution in [0.5, 0.6) is 23.0 Å². The molecule has 0 aromatic heterocycles. The topological polar surface area (TPSA) is 83.6 Å². The number of methoxy groups -OCH3 is 2. The molecule has 0 atom stereocenters. The third kappa shape index (κ3) is 5.07. The molecule has 0 radical (unpaired) electrons. The smallest absolute Gasteiger partial charge is 0.145 e. The molecule has 0 heterocycles. The summed E-state index contributed by atoms with van der Waals surface area (Å²) >= 11 is 0. The highest BCUT2D eigenvalue weighted by Crippen LogP contribution is 2.37. The lowest BCUT2D eigenvalue weighted by Gasteiger charge is -2.11. The first-order chi connectivity index (χ1) is 16.6. The van der Waals surface area contributed by atoms with Crippen molar-refractivity contribution in [2.75, 3.05) is 14.2 Å². The van der Waals surface area contributed by atoms with Gasteiger partial charge in [0.15, 0.2) is 0 Å². The second kappa shape index (κ2) is 10.4. The van der Waals surface area contributed by atoms with Crippen LogP contribution in [0.4, 0.5) is 11.4 Å². The molecule has 0 saturated carbocycles. The average Bonchev–Trinajstić information content (AvgIpc) is 2.87.